The molecule has 80 valence electrons. The maximum atomic E-state index is 11.8. The fourth-order valence-electron chi connectivity index (χ4n) is 1.54. The second-order valence-electron chi connectivity index (χ2n) is 3.60. The Kier molecular flexibility index (Phi) is 2.18. The molecule has 0 spiro atoms. The zero-order valence-corrected chi connectivity index (χ0v) is 8.34. The number of nitrogens with zero attached hydrogens (tertiary/aromatic N) is 3. The molecule has 2 heterocycles. The van der Waals surface area contributed by atoms with Crippen LogP contribution in [0, 0.1) is 10.1 Å². The van der Waals surface area contributed by atoms with E-state index in [2.05, 4.69) is 0 Å². The van der Waals surface area contributed by atoms with Gasteiger partial charge in [-0.25, -0.2) is 0 Å². The first kappa shape index (κ1) is 9.70. The molecule has 0 atom stereocenters. The minimum Gasteiger partial charge on any atom is -0.340 e. The molecule has 0 radical (unpaired) electrons. The van der Waals surface area contributed by atoms with Crippen LogP contribution in [0.3, 0.4) is 0 Å². The highest BCUT2D eigenvalue weighted by Gasteiger charge is 2.25. The standard InChI is InChI=1S/C9H11N3O3/c1-10-6-7(12(14)15)5-8(10)9(13)11-3-2-4-11/h5-6H,2-4H2,1H3. The second-order valence-corrected chi connectivity index (χ2v) is 3.60. The number of amides is 1. The number of nitro groups is 1. The van der Waals surface area contributed by atoms with Crippen molar-refractivity contribution in [2.24, 2.45) is 7.05 Å². The van der Waals surface area contributed by atoms with Crippen LogP contribution in [0.2, 0.25) is 0 Å². The van der Waals surface area contributed by atoms with E-state index in [0.717, 1.165) is 19.5 Å². The first-order valence-electron chi connectivity index (χ1n) is 4.69. The molecular formula is C9H11N3O3. The summed E-state index contributed by atoms with van der Waals surface area (Å²) in [4.78, 5) is 23.5. The van der Waals surface area contributed by atoms with E-state index in [-0.39, 0.29) is 11.6 Å². The van der Waals surface area contributed by atoms with Crippen molar-refractivity contribution in [2.45, 2.75) is 6.42 Å². The molecule has 1 aliphatic heterocycles. The lowest BCUT2D eigenvalue weighted by Gasteiger charge is -2.30. The van der Waals surface area contributed by atoms with Crippen LogP contribution >= 0.6 is 0 Å². The van der Waals surface area contributed by atoms with Gasteiger partial charge >= 0.3 is 0 Å². The van der Waals surface area contributed by atoms with Gasteiger partial charge in [0.2, 0.25) is 0 Å². The molecule has 0 aromatic carbocycles. The number of aryl methyl sites for hydroxylation is 1. The topological polar surface area (TPSA) is 68.4 Å². The number of carbonyl (C=O) groups is 1. The Morgan fingerprint density at radius 2 is 2.20 bits per heavy atom. The van der Waals surface area contributed by atoms with E-state index in [1.54, 1.807) is 11.9 Å². The molecule has 6 heteroatoms. The number of aromatic nitrogens is 1. The summed E-state index contributed by atoms with van der Waals surface area (Å²) in [5.74, 6) is -0.128. The third-order valence-electron chi connectivity index (χ3n) is 2.56. The number of hydrogen-bond acceptors (Lipinski definition) is 3. The molecule has 1 aromatic rings. The van der Waals surface area contributed by atoms with Crippen LogP contribution in [0.1, 0.15) is 16.9 Å². The minimum atomic E-state index is -0.493. The Bertz CT molecular complexity index is 420. The van der Waals surface area contributed by atoms with E-state index >= 15 is 0 Å². The average molecular weight is 209 g/mol. The van der Waals surface area contributed by atoms with E-state index in [1.807, 2.05) is 0 Å². The van der Waals surface area contributed by atoms with Crippen molar-refractivity contribution in [1.82, 2.24) is 9.47 Å². The molecule has 0 aliphatic carbocycles. The van der Waals surface area contributed by atoms with E-state index in [0.29, 0.717) is 5.69 Å². The minimum absolute atomic E-state index is 0.0404. The van der Waals surface area contributed by atoms with Crippen LogP contribution in [-0.4, -0.2) is 33.4 Å². The molecule has 1 saturated heterocycles. The van der Waals surface area contributed by atoms with Gasteiger partial charge in [0, 0.05) is 26.2 Å². The first-order chi connectivity index (χ1) is 7.09. The van der Waals surface area contributed by atoms with Gasteiger partial charge in [-0.1, -0.05) is 0 Å². The van der Waals surface area contributed by atoms with Gasteiger partial charge in [0.1, 0.15) is 5.69 Å². The highest BCUT2D eigenvalue weighted by atomic mass is 16.6. The van der Waals surface area contributed by atoms with Crippen LogP contribution in [0.5, 0.6) is 0 Å². The number of rotatable bonds is 2. The van der Waals surface area contributed by atoms with E-state index in [1.165, 1.54) is 16.8 Å². The summed E-state index contributed by atoms with van der Waals surface area (Å²) < 4.78 is 1.50. The third-order valence-corrected chi connectivity index (χ3v) is 2.56. The normalized spacial score (nSPS) is 14.9. The summed E-state index contributed by atoms with van der Waals surface area (Å²) in [6, 6.07) is 1.32. The Morgan fingerprint density at radius 3 is 2.60 bits per heavy atom. The first-order valence-corrected chi connectivity index (χ1v) is 4.69. The van der Waals surface area contributed by atoms with Gasteiger partial charge in [0.25, 0.3) is 11.6 Å². The third kappa shape index (κ3) is 1.58. The predicted molar refractivity (Wildman–Crippen MR) is 52.6 cm³/mol. The van der Waals surface area contributed by atoms with Gasteiger partial charge in [0.05, 0.1) is 11.1 Å². The van der Waals surface area contributed by atoms with Crippen LogP contribution in [-0.2, 0) is 7.05 Å². The molecule has 2 rings (SSSR count). The molecule has 1 fully saturated rings. The Labute approximate surface area is 86.2 Å². The van der Waals surface area contributed by atoms with Crippen molar-refractivity contribution in [3.05, 3.63) is 28.1 Å². The average Bonchev–Trinajstić information content (AvgIpc) is 2.44. The SMILES string of the molecule is Cn1cc([N+](=O)[O-])cc1C(=O)N1CCC1. The van der Waals surface area contributed by atoms with Crippen molar-refractivity contribution in [3.8, 4) is 0 Å². The lowest BCUT2D eigenvalue weighted by molar-refractivity contribution is -0.384. The maximum Gasteiger partial charge on any atom is 0.287 e. The smallest absolute Gasteiger partial charge is 0.287 e. The highest BCUT2D eigenvalue weighted by molar-refractivity contribution is 5.94. The Balaban J connectivity index is 2.27. The molecular weight excluding hydrogens is 198 g/mol. The van der Waals surface area contributed by atoms with Crippen LogP contribution in [0.15, 0.2) is 12.3 Å². The van der Waals surface area contributed by atoms with Crippen molar-refractivity contribution < 1.29 is 9.72 Å². The number of hydrogen-bond donors (Lipinski definition) is 0. The van der Waals surface area contributed by atoms with Crippen molar-refractivity contribution in [3.63, 3.8) is 0 Å². The second kappa shape index (κ2) is 3.38. The molecule has 0 bridgehead atoms. The molecule has 0 saturated carbocycles. The van der Waals surface area contributed by atoms with Gasteiger partial charge in [-0.3, -0.25) is 14.9 Å². The summed E-state index contributed by atoms with van der Waals surface area (Å²) in [6.45, 7) is 1.50. The molecule has 0 N–H and O–H groups in total. The van der Waals surface area contributed by atoms with Crippen molar-refractivity contribution in [1.29, 1.82) is 0 Å². The van der Waals surface area contributed by atoms with Crippen LogP contribution in [0.4, 0.5) is 5.69 Å². The summed E-state index contributed by atoms with van der Waals surface area (Å²) in [7, 11) is 1.64. The maximum absolute atomic E-state index is 11.8. The largest absolute Gasteiger partial charge is 0.340 e. The summed E-state index contributed by atoms with van der Waals surface area (Å²) in [5, 5.41) is 10.5. The highest BCUT2D eigenvalue weighted by Crippen LogP contribution is 2.18. The van der Waals surface area contributed by atoms with Crippen LogP contribution in [0.25, 0.3) is 0 Å². The zero-order valence-electron chi connectivity index (χ0n) is 8.34. The predicted octanol–water partition coefficient (Wildman–Crippen LogP) is 0.779. The fraction of sp³-hybridized carbons (Fsp3) is 0.444. The summed E-state index contributed by atoms with van der Waals surface area (Å²) >= 11 is 0. The van der Waals surface area contributed by atoms with E-state index in [9.17, 15) is 14.9 Å². The quantitative estimate of drug-likeness (QED) is 0.534. The fourth-order valence-corrected chi connectivity index (χ4v) is 1.54. The van der Waals surface area contributed by atoms with Crippen LogP contribution < -0.4 is 0 Å². The number of carbonyl (C=O) groups excluding carboxylic acids is 1. The summed E-state index contributed by atoms with van der Waals surface area (Å²) in [6.07, 6.45) is 2.37. The molecule has 1 amide bonds. The molecule has 6 nitrogen and oxygen atoms in total. The van der Waals surface area contributed by atoms with Gasteiger partial charge in [-0.05, 0) is 6.42 Å². The molecule has 1 aliphatic rings. The summed E-state index contributed by atoms with van der Waals surface area (Å²) in [5.41, 5.74) is 0.336. The molecule has 15 heavy (non-hydrogen) atoms. The van der Waals surface area contributed by atoms with Crippen molar-refractivity contribution >= 4 is 11.6 Å². The molecule has 0 unspecified atom stereocenters. The van der Waals surface area contributed by atoms with Gasteiger partial charge < -0.3 is 9.47 Å². The van der Waals surface area contributed by atoms with E-state index < -0.39 is 4.92 Å². The Hall–Kier alpha value is -1.85. The lowest BCUT2D eigenvalue weighted by Crippen LogP contribution is -2.42. The van der Waals surface area contributed by atoms with Gasteiger partial charge in [-0.15, -0.1) is 0 Å². The monoisotopic (exact) mass is 209 g/mol. The van der Waals surface area contributed by atoms with Gasteiger partial charge in [-0.2, -0.15) is 0 Å². The van der Waals surface area contributed by atoms with Crippen molar-refractivity contribution in [2.75, 3.05) is 13.1 Å². The lowest BCUT2D eigenvalue weighted by atomic mass is 10.2. The van der Waals surface area contributed by atoms with Gasteiger partial charge in [0.15, 0.2) is 0 Å². The van der Waals surface area contributed by atoms with E-state index in [4.69, 9.17) is 0 Å². The zero-order chi connectivity index (χ0) is 11.0. The molecule has 1 aromatic heterocycles. The number of likely N-dealkylation sites (tertiary alicyclic amines) is 1. The Morgan fingerprint density at radius 1 is 1.53 bits per heavy atom.